The number of unbranched alkanes of at least 4 members (excludes halogenated alkanes) is 2. The summed E-state index contributed by atoms with van der Waals surface area (Å²) in [5, 5.41) is 4.16. The molecule has 0 aliphatic heterocycles. The molecular formula is C21H28N4O3S. The van der Waals surface area contributed by atoms with Crippen molar-refractivity contribution in [2.45, 2.75) is 63.2 Å². The standard InChI is InChI=1S/C21H28N4O3S/c1-14(15-10-11-15)23-19(27)13-29-21-24-17-8-5-4-7-16(17)20(28)25(21)12-6-2-3-9-18(22)26/h4-5,7-8,14-15H,2-3,6,9-13H2,1H3,(H2,22,26)(H,23,27)/t14-/m1/s1. The Morgan fingerprint density at radius 2 is 2.03 bits per heavy atom. The van der Waals surface area contributed by atoms with E-state index in [-0.39, 0.29) is 29.2 Å². The lowest BCUT2D eigenvalue weighted by Crippen LogP contribution is -2.35. The monoisotopic (exact) mass is 416 g/mol. The minimum absolute atomic E-state index is 0.0372. The van der Waals surface area contributed by atoms with Crippen molar-refractivity contribution in [1.29, 1.82) is 0 Å². The summed E-state index contributed by atoms with van der Waals surface area (Å²) in [5.74, 6) is 0.479. The van der Waals surface area contributed by atoms with E-state index in [1.54, 1.807) is 10.6 Å². The molecule has 1 aliphatic carbocycles. The fourth-order valence-corrected chi connectivity index (χ4v) is 4.18. The molecule has 1 fully saturated rings. The van der Waals surface area contributed by atoms with Crippen LogP contribution in [0.2, 0.25) is 0 Å². The third-order valence-electron chi connectivity index (χ3n) is 5.18. The fraction of sp³-hybridized carbons (Fsp3) is 0.524. The van der Waals surface area contributed by atoms with Crippen LogP contribution in [0.4, 0.5) is 0 Å². The summed E-state index contributed by atoms with van der Waals surface area (Å²) in [7, 11) is 0. The molecule has 1 aliphatic rings. The van der Waals surface area contributed by atoms with Gasteiger partial charge >= 0.3 is 0 Å². The van der Waals surface area contributed by atoms with Gasteiger partial charge in [0.15, 0.2) is 5.16 Å². The summed E-state index contributed by atoms with van der Waals surface area (Å²) in [6.07, 6.45) is 4.95. The number of fused-ring (bicyclic) bond motifs is 1. The third kappa shape index (κ3) is 6.06. The van der Waals surface area contributed by atoms with E-state index in [9.17, 15) is 14.4 Å². The molecule has 1 heterocycles. The van der Waals surface area contributed by atoms with Crippen LogP contribution < -0.4 is 16.6 Å². The van der Waals surface area contributed by atoms with Gasteiger partial charge in [-0.3, -0.25) is 19.0 Å². The Morgan fingerprint density at radius 1 is 1.28 bits per heavy atom. The van der Waals surface area contributed by atoms with Gasteiger partial charge in [-0.25, -0.2) is 4.98 Å². The first-order valence-electron chi connectivity index (χ1n) is 10.2. The molecule has 0 spiro atoms. The van der Waals surface area contributed by atoms with Gasteiger partial charge in [-0.15, -0.1) is 0 Å². The second kappa shape index (κ2) is 9.91. The zero-order valence-electron chi connectivity index (χ0n) is 16.7. The van der Waals surface area contributed by atoms with E-state index < -0.39 is 0 Å². The molecule has 0 unspecified atom stereocenters. The Kier molecular flexibility index (Phi) is 7.30. The van der Waals surface area contributed by atoms with Crippen LogP contribution in [0.5, 0.6) is 0 Å². The van der Waals surface area contributed by atoms with E-state index in [1.807, 2.05) is 25.1 Å². The van der Waals surface area contributed by atoms with Gasteiger partial charge in [-0.05, 0) is 50.7 Å². The highest BCUT2D eigenvalue weighted by Gasteiger charge is 2.28. The lowest BCUT2D eigenvalue weighted by molar-refractivity contribution is -0.119. The largest absolute Gasteiger partial charge is 0.370 e. The summed E-state index contributed by atoms with van der Waals surface area (Å²) >= 11 is 1.29. The number of nitrogens with zero attached hydrogens (tertiary/aromatic N) is 2. The number of hydrogen-bond donors (Lipinski definition) is 2. The minimum Gasteiger partial charge on any atom is -0.370 e. The molecule has 3 N–H and O–H groups in total. The molecule has 1 atom stereocenters. The fourth-order valence-electron chi connectivity index (χ4n) is 3.34. The molecule has 2 amide bonds. The number of hydrogen-bond acceptors (Lipinski definition) is 5. The maximum absolute atomic E-state index is 13.0. The number of amides is 2. The second-order valence-corrected chi connectivity index (χ2v) is 8.57. The lowest BCUT2D eigenvalue weighted by Gasteiger charge is -2.15. The molecule has 8 heteroatoms. The summed E-state index contributed by atoms with van der Waals surface area (Å²) < 4.78 is 1.65. The molecule has 0 bridgehead atoms. The van der Waals surface area contributed by atoms with Gasteiger partial charge in [-0.1, -0.05) is 30.3 Å². The molecule has 0 saturated heterocycles. The van der Waals surface area contributed by atoms with Crippen molar-refractivity contribution >= 4 is 34.5 Å². The SMILES string of the molecule is C[C@@H](NC(=O)CSc1nc2ccccc2c(=O)n1CCCCCC(N)=O)C1CC1. The zero-order chi connectivity index (χ0) is 20.8. The summed E-state index contributed by atoms with van der Waals surface area (Å²) in [5.41, 5.74) is 5.71. The molecule has 2 aromatic rings. The first-order valence-corrected chi connectivity index (χ1v) is 11.1. The van der Waals surface area contributed by atoms with Crippen LogP contribution in [0.15, 0.2) is 34.2 Å². The van der Waals surface area contributed by atoms with Crippen LogP contribution in [0.3, 0.4) is 0 Å². The van der Waals surface area contributed by atoms with E-state index in [4.69, 9.17) is 5.73 Å². The first-order chi connectivity index (χ1) is 14.0. The predicted octanol–water partition coefficient (Wildman–Crippen LogP) is 2.45. The number of carbonyl (C=O) groups is 2. The predicted molar refractivity (Wildman–Crippen MR) is 115 cm³/mol. The smallest absolute Gasteiger partial charge is 0.262 e. The topological polar surface area (TPSA) is 107 Å². The van der Waals surface area contributed by atoms with Crippen LogP contribution in [-0.4, -0.2) is 33.2 Å². The van der Waals surface area contributed by atoms with Crippen LogP contribution in [0.25, 0.3) is 10.9 Å². The number of aromatic nitrogens is 2. The van der Waals surface area contributed by atoms with Gasteiger partial charge in [0.2, 0.25) is 11.8 Å². The van der Waals surface area contributed by atoms with Crippen molar-refractivity contribution in [3.8, 4) is 0 Å². The number of para-hydroxylation sites is 1. The van der Waals surface area contributed by atoms with E-state index in [2.05, 4.69) is 10.3 Å². The molecule has 29 heavy (non-hydrogen) atoms. The highest BCUT2D eigenvalue weighted by atomic mass is 32.2. The average Bonchev–Trinajstić information content (AvgIpc) is 3.53. The van der Waals surface area contributed by atoms with Crippen LogP contribution in [-0.2, 0) is 16.1 Å². The molecule has 0 radical (unpaired) electrons. The van der Waals surface area contributed by atoms with E-state index >= 15 is 0 Å². The molecular weight excluding hydrogens is 388 g/mol. The Labute approximate surface area is 174 Å². The van der Waals surface area contributed by atoms with Crippen molar-refractivity contribution < 1.29 is 9.59 Å². The Balaban J connectivity index is 1.70. The molecule has 1 aromatic carbocycles. The molecule has 1 saturated carbocycles. The third-order valence-corrected chi connectivity index (χ3v) is 6.16. The minimum atomic E-state index is -0.308. The van der Waals surface area contributed by atoms with Crippen LogP contribution >= 0.6 is 11.8 Å². The summed E-state index contributed by atoms with van der Waals surface area (Å²) in [6.45, 7) is 2.54. The highest BCUT2D eigenvalue weighted by Crippen LogP contribution is 2.32. The number of primary amides is 1. The van der Waals surface area contributed by atoms with E-state index in [1.165, 1.54) is 24.6 Å². The van der Waals surface area contributed by atoms with Gasteiger partial charge in [0.05, 0.1) is 16.7 Å². The van der Waals surface area contributed by atoms with Gasteiger partial charge in [-0.2, -0.15) is 0 Å². The Bertz CT molecular complexity index is 939. The van der Waals surface area contributed by atoms with Crippen LogP contribution in [0.1, 0.15) is 45.4 Å². The van der Waals surface area contributed by atoms with E-state index in [0.29, 0.717) is 41.4 Å². The molecule has 7 nitrogen and oxygen atoms in total. The molecule has 1 aromatic heterocycles. The lowest BCUT2D eigenvalue weighted by atomic mass is 10.2. The van der Waals surface area contributed by atoms with Gasteiger partial charge in [0, 0.05) is 19.0 Å². The number of thioether (sulfide) groups is 1. The maximum Gasteiger partial charge on any atom is 0.262 e. The van der Waals surface area contributed by atoms with Crippen molar-refractivity contribution in [2.75, 3.05) is 5.75 Å². The van der Waals surface area contributed by atoms with Gasteiger partial charge in [0.25, 0.3) is 5.56 Å². The average molecular weight is 417 g/mol. The van der Waals surface area contributed by atoms with Gasteiger partial charge in [0.1, 0.15) is 0 Å². The van der Waals surface area contributed by atoms with Gasteiger partial charge < -0.3 is 11.1 Å². The number of nitrogens with two attached hydrogens (primary N) is 1. The normalized spacial score (nSPS) is 14.7. The Hall–Kier alpha value is -2.35. The number of carbonyl (C=O) groups excluding carboxylic acids is 2. The van der Waals surface area contributed by atoms with E-state index in [0.717, 1.165) is 12.8 Å². The number of rotatable bonds is 11. The first kappa shape index (κ1) is 21.4. The quantitative estimate of drug-likeness (QED) is 0.332. The summed E-state index contributed by atoms with van der Waals surface area (Å²) in [4.78, 5) is 40.8. The number of benzene rings is 1. The molecule has 156 valence electrons. The highest BCUT2D eigenvalue weighted by molar-refractivity contribution is 7.99. The van der Waals surface area contributed by atoms with Crippen molar-refractivity contribution in [3.05, 3.63) is 34.6 Å². The van der Waals surface area contributed by atoms with Crippen LogP contribution in [0, 0.1) is 5.92 Å². The van der Waals surface area contributed by atoms with Crippen molar-refractivity contribution in [1.82, 2.24) is 14.9 Å². The van der Waals surface area contributed by atoms with Crippen molar-refractivity contribution in [2.24, 2.45) is 11.7 Å². The van der Waals surface area contributed by atoms with Crippen molar-refractivity contribution in [3.63, 3.8) is 0 Å². The number of nitrogens with one attached hydrogen (secondary N) is 1. The maximum atomic E-state index is 13.0. The second-order valence-electron chi connectivity index (χ2n) is 7.63. The molecule has 3 rings (SSSR count). The zero-order valence-corrected chi connectivity index (χ0v) is 17.5. The Morgan fingerprint density at radius 3 is 2.76 bits per heavy atom. The summed E-state index contributed by atoms with van der Waals surface area (Å²) in [6, 6.07) is 7.45.